The molecule has 4 N–H and O–H groups in total. The maximum absolute atomic E-state index is 11.6. The van der Waals surface area contributed by atoms with Crippen molar-refractivity contribution >= 4 is 17.7 Å². The zero-order valence-electron chi connectivity index (χ0n) is 18.5. The number of ether oxygens (including phenoxy) is 4. The van der Waals surface area contributed by atoms with Crippen LogP contribution in [0.4, 0.5) is 10.5 Å². The third kappa shape index (κ3) is 6.64. The fourth-order valence-electron chi connectivity index (χ4n) is 3.13. The third-order valence-electron chi connectivity index (χ3n) is 4.90. The van der Waals surface area contributed by atoms with E-state index in [1.165, 1.54) is 7.11 Å². The highest BCUT2D eigenvalue weighted by atomic mass is 16.7. The van der Waals surface area contributed by atoms with Gasteiger partial charge in [0.05, 0.1) is 20.3 Å². The lowest BCUT2D eigenvalue weighted by atomic mass is 10.1. The summed E-state index contributed by atoms with van der Waals surface area (Å²) < 4.78 is 21.3. The van der Waals surface area contributed by atoms with Crippen LogP contribution in [0.15, 0.2) is 72.8 Å². The normalized spacial score (nSPS) is 11.2. The largest absolute Gasteiger partial charge is 0.508 e. The van der Waals surface area contributed by atoms with Gasteiger partial charge in [-0.2, -0.15) is 0 Å². The Morgan fingerprint density at radius 3 is 2.36 bits per heavy atom. The van der Waals surface area contributed by atoms with Gasteiger partial charge in [-0.25, -0.2) is 4.79 Å². The molecule has 0 saturated heterocycles. The van der Waals surface area contributed by atoms with Crippen LogP contribution in [0.3, 0.4) is 0 Å². The Balaban J connectivity index is 1.80. The Bertz CT molecular complexity index is 1070. The van der Waals surface area contributed by atoms with Gasteiger partial charge < -0.3 is 30.0 Å². The first-order valence-corrected chi connectivity index (χ1v) is 10.3. The van der Waals surface area contributed by atoms with Gasteiger partial charge in [-0.05, 0) is 47.5 Å². The molecule has 0 aliphatic heterocycles. The smallest absolute Gasteiger partial charge is 0.493 e. The highest BCUT2D eigenvalue weighted by molar-refractivity contribution is 5.95. The van der Waals surface area contributed by atoms with E-state index >= 15 is 0 Å². The summed E-state index contributed by atoms with van der Waals surface area (Å²) in [6, 6.07) is 22.1. The van der Waals surface area contributed by atoms with Crippen molar-refractivity contribution in [2.45, 2.75) is 12.6 Å². The summed E-state index contributed by atoms with van der Waals surface area (Å²) in [5.74, 6) is 1.15. The Kier molecular flexibility index (Phi) is 8.13. The number of nitrogens with one attached hydrogen (secondary N) is 2. The van der Waals surface area contributed by atoms with Gasteiger partial charge in [0, 0.05) is 11.3 Å². The molecule has 172 valence electrons. The number of hydrogen-bond donors (Lipinski definition) is 3. The molecule has 0 aromatic heterocycles. The minimum Gasteiger partial charge on any atom is -0.493 e. The molecule has 3 aromatic rings. The summed E-state index contributed by atoms with van der Waals surface area (Å²) in [5.41, 5.74) is 8.77. The molecular formula is C25H27N3O5. The molecule has 3 rings (SSSR count). The Morgan fingerprint density at radius 2 is 1.73 bits per heavy atom. The number of benzene rings is 3. The maximum Gasteiger partial charge on any atom is 0.508 e. The molecule has 0 spiro atoms. The predicted octanol–water partition coefficient (Wildman–Crippen LogP) is 4.49. The molecule has 0 aliphatic rings. The number of rotatable bonds is 10. The second kappa shape index (κ2) is 11.4. The van der Waals surface area contributed by atoms with Crippen LogP contribution in [-0.2, 0) is 16.1 Å². The van der Waals surface area contributed by atoms with Gasteiger partial charge in [0.15, 0.2) is 11.5 Å². The fourth-order valence-corrected chi connectivity index (χ4v) is 3.13. The molecule has 33 heavy (non-hydrogen) atoms. The number of methoxy groups -OCH3 is 2. The van der Waals surface area contributed by atoms with Gasteiger partial charge in [-0.3, -0.25) is 5.41 Å². The van der Waals surface area contributed by atoms with Crippen molar-refractivity contribution in [3.8, 4) is 11.5 Å². The summed E-state index contributed by atoms with van der Waals surface area (Å²) in [6.07, 6.45) is -0.775. The van der Waals surface area contributed by atoms with Gasteiger partial charge in [0.25, 0.3) is 0 Å². The van der Waals surface area contributed by atoms with Gasteiger partial charge in [0.2, 0.25) is 0 Å². The average Bonchev–Trinajstić information content (AvgIpc) is 2.85. The molecule has 0 saturated carbocycles. The molecule has 0 heterocycles. The molecule has 0 aliphatic carbocycles. The van der Waals surface area contributed by atoms with Crippen LogP contribution in [0.25, 0.3) is 0 Å². The summed E-state index contributed by atoms with van der Waals surface area (Å²) in [7, 11) is 2.83. The van der Waals surface area contributed by atoms with E-state index in [-0.39, 0.29) is 12.4 Å². The van der Waals surface area contributed by atoms with Crippen LogP contribution < -0.4 is 20.5 Å². The average molecular weight is 450 g/mol. The molecule has 8 heteroatoms. The Labute approximate surface area is 192 Å². The highest BCUT2D eigenvalue weighted by Crippen LogP contribution is 2.32. The van der Waals surface area contributed by atoms with Crippen LogP contribution in [0.5, 0.6) is 11.5 Å². The minimum atomic E-state index is -0.775. The van der Waals surface area contributed by atoms with E-state index in [1.807, 2.05) is 48.5 Å². The molecule has 0 bridgehead atoms. The van der Waals surface area contributed by atoms with E-state index in [2.05, 4.69) is 10.1 Å². The number of hydrogen-bond acceptors (Lipinski definition) is 7. The van der Waals surface area contributed by atoms with Crippen molar-refractivity contribution in [1.29, 1.82) is 5.41 Å². The van der Waals surface area contributed by atoms with E-state index in [1.54, 1.807) is 31.4 Å². The second-order valence-corrected chi connectivity index (χ2v) is 7.14. The SMILES string of the molecule is COC(=O)OCC(Nc1ccc(C(=N)N)cc1)c1ccc(OCc2ccccc2)c(OC)c1. The summed E-state index contributed by atoms with van der Waals surface area (Å²) in [6.45, 7) is 0.431. The highest BCUT2D eigenvalue weighted by Gasteiger charge is 2.18. The lowest BCUT2D eigenvalue weighted by molar-refractivity contribution is 0.0695. The second-order valence-electron chi connectivity index (χ2n) is 7.14. The predicted molar refractivity (Wildman–Crippen MR) is 126 cm³/mol. The Hall–Kier alpha value is -4.20. The molecular weight excluding hydrogens is 422 g/mol. The Morgan fingerprint density at radius 1 is 1.00 bits per heavy atom. The van der Waals surface area contributed by atoms with Crippen LogP contribution in [-0.4, -0.2) is 32.8 Å². The summed E-state index contributed by atoms with van der Waals surface area (Å²) >= 11 is 0. The fraction of sp³-hybridized carbons (Fsp3) is 0.200. The van der Waals surface area contributed by atoms with E-state index in [0.717, 1.165) is 16.8 Å². The topological polar surface area (TPSA) is 116 Å². The maximum atomic E-state index is 11.6. The van der Waals surface area contributed by atoms with Crippen molar-refractivity contribution < 1.29 is 23.7 Å². The number of nitrogens with two attached hydrogens (primary N) is 1. The van der Waals surface area contributed by atoms with Crippen LogP contribution in [0.2, 0.25) is 0 Å². The van der Waals surface area contributed by atoms with Crippen LogP contribution in [0, 0.1) is 5.41 Å². The number of anilines is 1. The zero-order chi connectivity index (χ0) is 23.6. The van der Waals surface area contributed by atoms with Crippen LogP contribution >= 0.6 is 0 Å². The first-order chi connectivity index (χ1) is 16.0. The lowest BCUT2D eigenvalue weighted by Gasteiger charge is -2.21. The van der Waals surface area contributed by atoms with Crippen molar-refractivity contribution in [3.05, 3.63) is 89.5 Å². The van der Waals surface area contributed by atoms with Gasteiger partial charge in [-0.15, -0.1) is 0 Å². The van der Waals surface area contributed by atoms with E-state index in [0.29, 0.717) is 23.7 Å². The van der Waals surface area contributed by atoms with E-state index in [4.69, 9.17) is 25.4 Å². The number of carbonyl (C=O) groups is 1. The minimum absolute atomic E-state index is 0.0112. The van der Waals surface area contributed by atoms with Gasteiger partial charge in [-0.1, -0.05) is 36.4 Å². The van der Waals surface area contributed by atoms with E-state index in [9.17, 15) is 4.79 Å². The third-order valence-corrected chi connectivity index (χ3v) is 4.90. The van der Waals surface area contributed by atoms with Crippen molar-refractivity contribution in [2.24, 2.45) is 5.73 Å². The molecule has 0 radical (unpaired) electrons. The number of carbonyl (C=O) groups excluding carboxylic acids is 1. The number of amidine groups is 1. The first kappa shape index (κ1) is 23.5. The molecule has 0 fully saturated rings. The number of nitrogen functional groups attached to an aromatic ring is 1. The van der Waals surface area contributed by atoms with Gasteiger partial charge in [0.1, 0.15) is 19.0 Å². The molecule has 1 unspecified atom stereocenters. The molecule has 1 atom stereocenters. The standard InChI is InChI=1S/C25H27N3O5/c1-30-23-14-19(10-13-22(23)32-15-17-6-4-3-5-7-17)21(16-33-25(29)31-2)28-20-11-8-18(9-12-20)24(26)27/h3-14,21,28H,15-16H2,1-2H3,(H3,26,27). The first-order valence-electron chi connectivity index (χ1n) is 10.3. The lowest BCUT2D eigenvalue weighted by Crippen LogP contribution is -2.20. The molecule has 0 amide bonds. The monoisotopic (exact) mass is 449 g/mol. The zero-order valence-corrected chi connectivity index (χ0v) is 18.5. The summed E-state index contributed by atoms with van der Waals surface area (Å²) in [4.78, 5) is 11.6. The van der Waals surface area contributed by atoms with E-state index < -0.39 is 12.2 Å². The van der Waals surface area contributed by atoms with Crippen LogP contribution in [0.1, 0.15) is 22.7 Å². The van der Waals surface area contributed by atoms with Gasteiger partial charge >= 0.3 is 6.16 Å². The molecule has 8 nitrogen and oxygen atoms in total. The van der Waals surface area contributed by atoms with Crippen molar-refractivity contribution in [3.63, 3.8) is 0 Å². The molecule has 3 aromatic carbocycles. The quantitative estimate of drug-likeness (QED) is 0.237. The van der Waals surface area contributed by atoms with Crippen molar-refractivity contribution in [1.82, 2.24) is 0 Å². The summed E-state index contributed by atoms with van der Waals surface area (Å²) in [5, 5.41) is 10.9. The van der Waals surface area contributed by atoms with Crippen molar-refractivity contribution in [2.75, 3.05) is 26.1 Å².